The van der Waals surface area contributed by atoms with Crippen LogP contribution in [0.15, 0.2) is 30.3 Å². The maximum Gasteiger partial charge on any atom is 0.260 e. The van der Waals surface area contributed by atoms with Gasteiger partial charge in [0.2, 0.25) is 0 Å². The fraction of sp³-hybridized carbons (Fsp3) is 0.462. The van der Waals surface area contributed by atoms with E-state index in [2.05, 4.69) is 5.48 Å². The van der Waals surface area contributed by atoms with Crippen molar-refractivity contribution >= 4 is 5.91 Å². The third-order valence-electron chi connectivity index (χ3n) is 2.81. The third kappa shape index (κ3) is 4.54. The molecule has 0 saturated heterocycles. The molecule has 4 nitrogen and oxygen atoms in total. The van der Waals surface area contributed by atoms with E-state index < -0.39 is 6.04 Å². The standard InChI is InChI=1S/C13H20N2O2/c1-3-10(2)12(14)13(16)15-17-9-11-7-5-4-6-8-11/h4-8,10,12H,3,9,14H2,1-2H3,(H,15,16)/t10-,12-/m0/s1. The molecule has 4 heteroatoms. The van der Waals surface area contributed by atoms with Gasteiger partial charge in [0.25, 0.3) is 5.91 Å². The lowest BCUT2D eigenvalue weighted by atomic mass is 10.00. The number of benzene rings is 1. The van der Waals surface area contributed by atoms with Gasteiger partial charge in [-0.2, -0.15) is 0 Å². The quantitative estimate of drug-likeness (QED) is 0.737. The number of hydroxylamine groups is 1. The number of hydrogen-bond donors (Lipinski definition) is 2. The SMILES string of the molecule is CC[C@H](C)[C@H](N)C(=O)NOCc1ccccc1. The van der Waals surface area contributed by atoms with Crippen molar-refractivity contribution in [1.82, 2.24) is 5.48 Å². The summed E-state index contributed by atoms with van der Waals surface area (Å²) < 4.78 is 0. The Balaban J connectivity index is 2.29. The van der Waals surface area contributed by atoms with Gasteiger partial charge in [-0.05, 0) is 11.5 Å². The average Bonchev–Trinajstić information content (AvgIpc) is 2.38. The number of rotatable bonds is 6. The Labute approximate surface area is 102 Å². The number of nitrogens with one attached hydrogen (secondary N) is 1. The zero-order valence-corrected chi connectivity index (χ0v) is 10.3. The maximum absolute atomic E-state index is 11.6. The Morgan fingerprint density at radius 3 is 2.65 bits per heavy atom. The number of nitrogens with two attached hydrogens (primary N) is 1. The molecule has 0 unspecified atom stereocenters. The first kappa shape index (κ1) is 13.7. The summed E-state index contributed by atoms with van der Waals surface area (Å²) in [5.74, 6) is -0.120. The van der Waals surface area contributed by atoms with Crippen LogP contribution in [-0.2, 0) is 16.2 Å². The number of carbonyl (C=O) groups excluding carboxylic acids is 1. The highest BCUT2D eigenvalue weighted by Crippen LogP contribution is 2.05. The molecule has 0 radical (unpaired) electrons. The lowest BCUT2D eigenvalue weighted by Crippen LogP contribution is -2.44. The highest BCUT2D eigenvalue weighted by atomic mass is 16.6. The summed E-state index contributed by atoms with van der Waals surface area (Å²) in [5.41, 5.74) is 9.15. The third-order valence-corrected chi connectivity index (χ3v) is 2.81. The molecule has 0 bridgehead atoms. The fourth-order valence-corrected chi connectivity index (χ4v) is 1.35. The lowest BCUT2D eigenvalue weighted by molar-refractivity contribution is -0.137. The maximum atomic E-state index is 11.6. The predicted molar refractivity (Wildman–Crippen MR) is 66.8 cm³/mol. The van der Waals surface area contributed by atoms with E-state index in [4.69, 9.17) is 10.6 Å². The molecule has 0 saturated carbocycles. The highest BCUT2D eigenvalue weighted by Gasteiger charge is 2.19. The van der Waals surface area contributed by atoms with Gasteiger partial charge in [-0.25, -0.2) is 5.48 Å². The van der Waals surface area contributed by atoms with E-state index in [0.717, 1.165) is 12.0 Å². The van der Waals surface area contributed by atoms with Crippen LogP contribution in [0.25, 0.3) is 0 Å². The summed E-state index contributed by atoms with van der Waals surface area (Å²) in [5, 5.41) is 0. The number of hydrogen-bond acceptors (Lipinski definition) is 3. The largest absolute Gasteiger partial charge is 0.320 e. The first-order chi connectivity index (χ1) is 8.15. The smallest absolute Gasteiger partial charge is 0.260 e. The van der Waals surface area contributed by atoms with Gasteiger partial charge in [0.05, 0.1) is 12.6 Å². The molecular weight excluding hydrogens is 216 g/mol. The molecule has 0 aliphatic carbocycles. The van der Waals surface area contributed by atoms with Gasteiger partial charge < -0.3 is 5.73 Å². The normalized spacial score (nSPS) is 14.1. The summed E-state index contributed by atoms with van der Waals surface area (Å²) in [6.45, 7) is 4.30. The van der Waals surface area contributed by atoms with Crippen molar-refractivity contribution in [3.63, 3.8) is 0 Å². The highest BCUT2D eigenvalue weighted by molar-refractivity contribution is 5.80. The van der Waals surface area contributed by atoms with Gasteiger partial charge in [0, 0.05) is 0 Å². The van der Waals surface area contributed by atoms with Crippen LogP contribution < -0.4 is 11.2 Å². The molecule has 2 atom stereocenters. The second-order valence-corrected chi connectivity index (χ2v) is 4.15. The van der Waals surface area contributed by atoms with Crippen LogP contribution in [-0.4, -0.2) is 11.9 Å². The van der Waals surface area contributed by atoms with Gasteiger partial charge in [0.15, 0.2) is 0 Å². The van der Waals surface area contributed by atoms with Gasteiger partial charge in [-0.3, -0.25) is 9.63 Å². The Morgan fingerprint density at radius 2 is 2.06 bits per heavy atom. The van der Waals surface area contributed by atoms with Gasteiger partial charge in [-0.15, -0.1) is 0 Å². The molecule has 1 rings (SSSR count). The van der Waals surface area contributed by atoms with E-state index in [1.165, 1.54) is 0 Å². The molecule has 0 aliphatic rings. The summed E-state index contributed by atoms with van der Waals surface area (Å²) in [4.78, 5) is 16.7. The minimum atomic E-state index is -0.518. The average molecular weight is 236 g/mol. The minimum absolute atomic E-state index is 0.148. The summed E-state index contributed by atoms with van der Waals surface area (Å²) in [7, 11) is 0. The molecule has 0 aromatic heterocycles. The molecule has 0 spiro atoms. The Morgan fingerprint density at radius 1 is 1.41 bits per heavy atom. The summed E-state index contributed by atoms with van der Waals surface area (Å²) in [6, 6.07) is 9.12. The zero-order chi connectivity index (χ0) is 12.7. The van der Waals surface area contributed by atoms with Gasteiger partial charge in [-0.1, -0.05) is 50.6 Å². The molecule has 17 heavy (non-hydrogen) atoms. The number of amides is 1. The van der Waals surface area contributed by atoms with Crippen molar-refractivity contribution in [3.05, 3.63) is 35.9 Å². The predicted octanol–water partition coefficient (Wildman–Crippen LogP) is 1.61. The van der Waals surface area contributed by atoms with Crippen LogP contribution in [0.2, 0.25) is 0 Å². The molecule has 1 aromatic carbocycles. The monoisotopic (exact) mass is 236 g/mol. The molecule has 1 aromatic rings. The van der Waals surface area contributed by atoms with Crippen LogP contribution >= 0.6 is 0 Å². The van der Waals surface area contributed by atoms with Crippen LogP contribution in [0.1, 0.15) is 25.8 Å². The van der Waals surface area contributed by atoms with E-state index in [1.54, 1.807) is 0 Å². The van der Waals surface area contributed by atoms with Crippen molar-refractivity contribution in [1.29, 1.82) is 0 Å². The van der Waals surface area contributed by atoms with Crippen molar-refractivity contribution in [3.8, 4) is 0 Å². The molecule has 0 fully saturated rings. The Bertz CT molecular complexity index is 341. The van der Waals surface area contributed by atoms with E-state index >= 15 is 0 Å². The fourth-order valence-electron chi connectivity index (χ4n) is 1.35. The Hall–Kier alpha value is -1.39. The van der Waals surface area contributed by atoms with Gasteiger partial charge >= 0.3 is 0 Å². The summed E-state index contributed by atoms with van der Waals surface area (Å²) in [6.07, 6.45) is 0.868. The van der Waals surface area contributed by atoms with E-state index in [9.17, 15) is 4.79 Å². The first-order valence-corrected chi connectivity index (χ1v) is 5.86. The van der Waals surface area contributed by atoms with Crippen molar-refractivity contribution < 1.29 is 9.63 Å². The molecule has 0 heterocycles. The first-order valence-electron chi connectivity index (χ1n) is 5.86. The minimum Gasteiger partial charge on any atom is -0.320 e. The van der Waals surface area contributed by atoms with Crippen LogP contribution in [0.4, 0.5) is 0 Å². The van der Waals surface area contributed by atoms with E-state index in [1.807, 2.05) is 44.2 Å². The van der Waals surface area contributed by atoms with Crippen molar-refractivity contribution in [2.75, 3.05) is 0 Å². The molecule has 1 amide bonds. The van der Waals surface area contributed by atoms with E-state index in [0.29, 0.717) is 6.61 Å². The molecule has 94 valence electrons. The van der Waals surface area contributed by atoms with Crippen LogP contribution in [0, 0.1) is 5.92 Å². The lowest BCUT2D eigenvalue weighted by Gasteiger charge is -2.17. The van der Waals surface area contributed by atoms with Crippen LogP contribution in [0.3, 0.4) is 0 Å². The topological polar surface area (TPSA) is 64.4 Å². The molecule has 3 N–H and O–H groups in total. The van der Waals surface area contributed by atoms with E-state index in [-0.39, 0.29) is 11.8 Å². The van der Waals surface area contributed by atoms with Crippen molar-refractivity contribution in [2.45, 2.75) is 32.9 Å². The zero-order valence-electron chi connectivity index (χ0n) is 10.3. The van der Waals surface area contributed by atoms with Crippen LogP contribution in [0.5, 0.6) is 0 Å². The second-order valence-electron chi connectivity index (χ2n) is 4.15. The molecular formula is C13H20N2O2. The van der Waals surface area contributed by atoms with Crippen molar-refractivity contribution in [2.24, 2.45) is 11.7 Å². The van der Waals surface area contributed by atoms with Gasteiger partial charge in [0.1, 0.15) is 0 Å². The molecule has 0 aliphatic heterocycles. The second kappa shape index (κ2) is 7.04. The Kier molecular flexibility index (Phi) is 5.66. The number of carbonyl (C=O) groups is 1. The summed E-state index contributed by atoms with van der Waals surface area (Å²) >= 11 is 0.